The van der Waals surface area contributed by atoms with Crippen molar-refractivity contribution in [2.75, 3.05) is 25.6 Å². The van der Waals surface area contributed by atoms with Crippen LogP contribution in [0.2, 0.25) is 0 Å². The zero-order chi connectivity index (χ0) is 13.5. The topological polar surface area (TPSA) is 32.7 Å². The Morgan fingerprint density at radius 2 is 2.22 bits per heavy atom. The van der Waals surface area contributed by atoms with Crippen molar-refractivity contribution in [1.82, 2.24) is 4.90 Å². The molecule has 0 aromatic heterocycles. The molecule has 0 aliphatic rings. The molecule has 0 saturated carbocycles. The van der Waals surface area contributed by atoms with E-state index in [1.807, 2.05) is 31.0 Å². The maximum Gasteiger partial charge on any atom is 0.152 e. The second-order valence-electron chi connectivity index (χ2n) is 4.00. The smallest absolute Gasteiger partial charge is 0.152 e. The quantitative estimate of drug-likeness (QED) is 0.455. The second kappa shape index (κ2) is 7.59. The third-order valence-electron chi connectivity index (χ3n) is 2.48. The van der Waals surface area contributed by atoms with E-state index in [0.717, 1.165) is 28.6 Å². The molecular formula is C13H17BrN2OS. The van der Waals surface area contributed by atoms with Gasteiger partial charge in [-0.3, -0.25) is 4.79 Å². The molecule has 0 radical (unpaired) electrons. The molecule has 18 heavy (non-hydrogen) atoms. The molecule has 0 N–H and O–H groups in total. The number of aryl methyl sites for hydroxylation is 1. The number of benzene rings is 1. The van der Waals surface area contributed by atoms with Crippen LogP contribution in [-0.2, 0) is 0 Å². The normalized spacial score (nSPS) is 10.9. The summed E-state index contributed by atoms with van der Waals surface area (Å²) in [4.78, 5) is 17.4. The molecule has 0 saturated heterocycles. The van der Waals surface area contributed by atoms with Crippen molar-refractivity contribution in [3.63, 3.8) is 0 Å². The average molecular weight is 329 g/mol. The molecule has 0 spiro atoms. The number of nitrogens with zero attached hydrogens (tertiary/aromatic N) is 2. The number of thioether (sulfide) groups is 1. The Morgan fingerprint density at radius 1 is 1.50 bits per heavy atom. The van der Waals surface area contributed by atoms with E-state index in [1.165, 1.54) is 0 Å². The largest absolute Gasteiger partial charge is 0.365 e. The number of hydrogen-bond acceptors (Lipinski definition) is 3. The summed E-state index contributed by atoms with van der Waals surface area (Å²) in [5.41, 5.74) is 2.34. The summed E-state index contributed by atoms with van der Waals surface area (Å²) >= 11 is 5.25. The molecule has 5 heteroatoms. The van der Waals surface area contributed by atoms with E-state index in [-0.39, 0.29) is 0 Å². The number of aldehydes is 1. The van der Waals surface area contributed by atoms with Gasteiger partial charge in [0.1, 0.15) is 0 Å². The van der Waals surface area contributed by atoms with Gasteiger partial charge in [0.2, 0.25) is 0 Å². The summed E-state index contributed by atoms with van der Waals surface area (Å²) in [5.74, 6) is 1.06. The summed E-state index contributed by atoms with van der Waals surface area (Å²) in [6.45, 7) is 2.89. The van der Waals surface area contributed by atoms with Gasteiger partial charge in [-0.1, -0.05) is 15.9 Å². The van der Waals surface area contributed by atoms with Crippen LogP contribution in [0.15, 0.2) is 21.6 Å². The van der Waals surface area contributed by atoms with Crippen LogP contribution in [0.4, 0.5) is 5.69 Å². The van der Waals surface area contributed by atoms with Gasteiger partial charge in [-0.25, -0.2) is 4.99 Å². The van der Waals surface area contributed by atoms with Crippen molar-refractivity contribution < 1.29 is 4.79 Å². The van der Waals surface area contributed by atoms with E-state index < -0.39 is 0 Å². The Kier molecular flexibility index (Phi) is 6.43. The lowest BCUT2D eigenvalue weighted by molar-refractivity contribution is 0.112. The first kappa shape index (κ1) is 15.2. The van der Waals surface area contributed by atoms with E-state index in [2.05, 4.69) is 27.2 Å². The Bertz CT molecular complexity index is 449. The molecule has 0 unspecified atom stereocenters. The average Bonchev–Trinajstić information content (AvgIpc) is 2.37. The van der Waals surface area contributed by atoms with Crippen LogP contribution in [-0.4, -0.2) is 43.1 Å². The van der Waals surface area contributed by atoms with Crippen LogP contribution in [0.3, 0.4) is 0 Å². The first-order chi connectivity index (χ1) is 8.58. The van der Waals surface area contributed by atoms with Gasteiger partial charge < -0.3 is 4.90 Å². The van der Waals surface area contributed by atoms with Crippen LogP contribution < -0.4 is 0 Å². The molecule has 0 fully saturated rings. The minimum absolute atomic E-state index is 0.616. The van der Waals surface area contributed by atoms with Crippen molar-refractivity contribution in [2.24, 2.45) is 4.99 Å². The predicted octanol–water partition coefficient (Wildman–Crippen LogP) is 3.52. The fourth-order valence-electron chi connectivity index (χ4n) is 1.35. The first-order valence-corrected chi connectivity index (χ1v) is 7.76. The van der Waals surface area contributed by atoms with Gasteiger partial charge in [-0.15, -0.1) is 0 Å². The number of aliphatic imine (C=N–C) groups is 1. The summed E-state index contributed by atoms with van der Waals surface area (Å²) in [5, 5.41) is 0. The first-order valence-electron chi connectivity index (χ1n) is 5.57. The number of halogens is 1. The van der Waals surface area contributed by atoms with Crippen molar-refractivity contribution in [1.29, 1.82) is 0 Å². The van der Waals surface area contributed by atoms with Gasteiger partial charge >= 0.3 is 0 Å². The Morgan fingerprint density at radius 3 is 2.83 bits per heavy atom. The molecular weight excluding hydrogens is 312 g/mol. The molecule has 0 aliphatic carbocycles. The highest BCUT2D eigenvalue weighted by molar-refractivity contribution is 9.10. The molecule has 0 aliphatic heterocycles. The summed E-state index contributed by atoms with van der Waals surface area (Å²) in [6, 6.07) is 3.71. The fourth-order valence-corrected chi connectivity index (χ4v) is 2.16. The zero-order valence-corrected chi connectivity index (χ0v) is 13.2. The van der Waals surface area contributed by atoms with E-state index in [0.29, 0.717) is 11.3 Å². The number of hydrogen-bond donors (Lipinski definition) is 0. The van der Waals surface area contributed by atoms with Gasteiger partial charge in [-0.2, -0.15) is 11.8 Å². The van der Waals surface area contributed by atoms with Gasteiger partial charge in [0.15, 0.2) is 6.29 Å². The van der Waals surface area contributed by atoms with Gasteiger partial charge in [-0.05, 0) is 30.9 Å². The van der Waals surface area contributed by atoms with Gasteiger partial charge in [0.25, 0.3) is 0 Å². The molecule has 0 bridgehead atoms. The van der Waals surface area contributed by atoms with Gasteiger partial charge in [0, 0.05) is 29.4 Å². The van der Waals surface area contributed by atoms with Crippen LogP contribution in [0, 0.1) is 6.92 Å². The molecule has 0 heterocycles. The maximum absolute atomic E-state index is 11.0. The Hall–Kier alpha value is -0.810. The molecule has 98 valence electrons. The van der Waals surface area contributed by atoms with E-state index >= 15 is 0 Å². The molecule has 0 amide bonds. The van der Waals surface area contributed by atoms with E-state index in [4.69, 9.17) is 0 Å². The van der Waals surface area contributed by atoms with Crippen LogP contribution in [0.5, 0.6) is 0 Å². The lowest BCUT2D eigenvalue weighted by Crippen LogP contribution is -2.18. The van der Waals surface area contributed by atoms with Crippen molar-refractivity contribution in [2.45, 2.75) is 6.92 Å². The second-order valence-corrected chi connectivity index (χ2v) is 5.84. The molecule has 3 nitrogen and oxygen atoms in total. The molecule has 0 atom stereocenters. The highest BCUT2D eigenvalue weighted by Crippen LogP contribution is 2.26. The predicted molar refractivity (Wildman–Crippen MR) is 83.4 cm³/mol. The minimum Gasteiger partial charge on any atom is -0.365 e. The van der Waals surface area contributed by atoms with E-state index in [1.54, 1.807) is 18.1 Å². The lowest BCUT2D eigenvalue weighted by Gasteiger charge is -2.12. The minimum atomic E-state index is 0.616. The molecule has 1 rings (SSSR count). The monoisotopic (exact) mass is 328 g/mol. The third-order valence-corrected chi connectivity index (χ3v) is 3.92. The van der Waals surface area contributed by atoms with Crippen LogP contribution in [0.1, 0.15) is 15.9 Å². The van der Waals surface area contributed by atoms with Crippen molar-refractivity contribution >= 4 is 46.0 Å². The Balaban J connectivity index is 2.86. The van der Waals surface area contributed by atoms with Crippen LogP contribution in [0.25, 0.3) is 0 Å². The third kappa shape index (κ3) is 4.46. The van der Waals surface area contributed by atoms with Crippen LogP contribution >= 0.6 is 27.7 Å². The highest BCUT2D eigenvalue weighted by Gasteiger charge is 2.04. The van der Waals surface area contributed by atoms with E-state index in [9.17, 15) is 4.79 Å². The summed E-state index contributed by atoms with van der Waals surface area (Å²) in [7, 11) is 1.98. The standard InChI is InChI=1S/C13H17BrN2OS/c1-10-6-11(8-17)13(7-12(10)14)15-9-16(2)4-5-18-3/h6-9H,4-5H2,1-3H3/b15-9-. The summed E-state index contributed by atoms with van der Waals surface area (Å²) < 4.78 is 0.965. The number of rotatable bonds is 6. The zero-order valence-electron chi connectivity index (χ0n) is 10.8. The molecule has 1 aromatic carbocycles. The number of carbonyl (C=O) groups excluding carboxylic acids is 1. The highest BCUT2D eigenvalue weighted by atomic mass is 79.9. The molecule has 1 aromatic rings. The lowest BCUT2D eigenvalue weighted by atomic mass is 10.1. The maximum atomic E-state index is 11.0. The number of carbonyl (C=O) groups is 1. The van der Waals surface area contributed by atoms with Gasteiger partial charge in [0.05, 0.1) is 12.0 Å². The fraction of sp³-hybridized carbons (Fsp3) is 0.385. The Labute approximate surface area is 121 Å². The van der Waals surface area contributed by atoms with Crippen molar-refractivity contribution in [3.05, 3.63) is 27.7 Å². The SMILES string of the molecule is CSCCN(C)/C=N\c1cc(Br)c(C)cc1C=O. The summed E-state index contributed by atoms with van der Waals surface area (Å²) in [6.07, 6.45) is 4.68. The van der Waals surface area contributed by atoms with Crippen molar-refractivity contribution in [3.8, 4) is 0 Å².